The highest BCUT2D eigenvalue weighted by Gasteiger charge is 2.39. The molecular formula is C11H21NO3. The van der Waals surface area contributed by atoms with E-state index < -0.39 is 11.6 Å². The number of rotatable bonds is 5. The minimum Gasteiger partial charge on any atom is -0.394 e. The molecule has 0 aromatic carbocycles. The van der Waals surface area contributed by atoms with Gasteiger partial charge in [-0.25, -0.2) is 0 Å². The molecule has 1 aliphatic rings. The van der Waals surface area contributed by atoms with Gasteiger partial charge in [-0.2, -0.15) is 0 Å². The molecule has 0 spiro atoms. The van der Waals surface area contributed by atoms with Crippen molar-refractivity contribution in [1.82, 2.24) is 4.90 Å². The van der Waals surface area contributed by atoms with Crippen molar-refractivity contribution in [3.05, 3.63) is 0 Å². The van der Waals surface area contributed by atoms with Gasteiger partial charge in [0.25, 0.3) is 0 Å². The van der Waals surface area contributed by atoms with Crippen molar-refractivity contribution in [2.45, 2.75) is 45.3 Å². The molecule has 0 aromatic heterocycles. The first kappa shape index (κ1) is 12.5. The Morgan fingerprint density at radius 1 is 1.53 bits per heavy atom. The standard InChI is InChI=1S/C11H21NO3/c1-8(14)6-12(11(2,3)7-13)10(15)9-4-5-9/h8-9,13-14H,4-7H2,1-3H3. The van der Waals surface area contributed by atoms with Crippen molar-refractivity contribution < 1.29 is 15.0 Å². The van der Waals surface area contributed by atoms with E-state index in [1.54, 1.807) is 11.8 Å². The lowest BCUT2D eigenvalue weighted by molar-refractivity contribution is -0.141. The third-order valence-corrected chi connectivity index (χ3v) is 2.76. The molecule has 1 fully saturated rings. The second-order valence-corrected chi connectivity index (χ2v) is 5.04. The Balaban J connectivity index is 2.71. The predicted octanol–water partition coefficient (Wildman–Crippen LogP) is 0.377. The summed E-state index contributed by atoms with van der Waals surface area (Å²) < 4.78 is 0. The van der Waals surface area contributed by atoms with Crippen LogP contribution in [0.4, 0.5) is 0 Å². The predicted molar refractivity (Wildman–Crippen MR) is 57.3 cm³/mol. The van der Waals surface area contributed by atoms with E-state index in [-0.39, 0.29) is 18.4 Å². The zero-order valence-corrected chi connectivity index (χ0v) is 9.73. The summed E-state index contributed by atoms with van der Waals surface area (Å²) in [6, 6.07) is 0. The molecule has 4 nitrogen and oxygen atoms in total. The lowest BCUT2D eigenvalue weighted by Crippen LogP contribution is -2.53. The molecular weight excluding hydrogens is 194 g/mol. The van der Waals surface area contributed by atoms with E-state index in [0.29, 0.717) is 6.54 Å². The van der Waals surface area contributed by atoms with Crippen LogP contribution in [0.15, 0.2) is 0 Å². The van der Waals surface area contributed by atoms with Gasteiger partial charge in [0, 0.05) is 12.5 Å². The Labute approximate surface area is 90.9 Å². The van der Waals surface area contributed by atoms with Gasteiger partial charge in [-0.05, 0) is 33.6 Å². The van der Waals surface area contributed by atoms with E-state index in [0.717, 1.165) is 12.8 Å². The van der Waals surface area contributed by atoms with E-state index in [1.807, 2.05) is 13.8 Å². The van der Waals surface area contributed by atoms with Gasteiger partial charge < -0.3 is 15.1 Å². The van der Waals surface area contributed by atoms with E-state index in [9.17, 15) is 15.0 Å². The van der Waals surface area contributed by atoms with Crippen molar-refractivity contribution in [2.75, 3.05) is 13.2 Å². The summed E-state index contributed by atoms with van der Waals surface area (Å²) in [7, 11) is 0. The van der Waals surface area contributed by atoms with Gasteiger partial charge in [0.15, 0.2) is 0 Å². The summed E-state index contributed by atoms with van der Waals surface area (Å²) in [6.07, 6.45) is 1.33. The maximum Gasteiger partial charge on any atom is 0.226 e. The van der Waals surface area contributed by atoms with Crippen LogP contribution in [0.2, 0.25) is 0 Å². The number of nitrogens with zero attached hydrogens (tertiary/aromatic N) is 1. The fraction of sp³-hybridized carbons (Fsp3) is 0.909. The second kappa shape index (κ2) is 4.49. The van der Waals surface area contributed by atoms with Gasteiger partial charge in [-0.3, -0.25) is 4.79 Å². The average molecular weight is 215 g/mol. The van der Waals surface area contributed by atoms with Gasteiger partial charge in [-0.1, -0.05) is 0 Å². The van der Waals surface area contributed by atoms with Crippen molar-refractivity contribution >= 4 is 5.91 Å². The molecule has 2 N–H and O–H groups in total. The summed E-state index contributed by atoms with van der Waals surface area (Å²) in [5.41, 5.74) is -0.587. The van der Waals surface area contributed by atoms with Crippen molar-refractivity contribution in [3.8, 4) is 0 Å². The first-order valence-electron chi connectivity index (χ1n) is 5.49. The fourth-order valence-electron chi connectivity index (χ4n) is 1.54. The van der Waals surface area contributed by atoms with Crippen LogP contribution in [0, 0.1) is 5.92 Å². The van der Waals surface area contributed by atoms with Crippen molar-refractivity contribution in [1.29, 1.82) is 0 Å². The largest absolute Gasteiger partial charge is 0.394 e. The number of amides is 1. The minimum atomic E-state index is -0.587. The van der Waals surface area contributed by atoms with Gasteiger partial charge in [-0.15, -0.1) is 0 Å². The molecule has 1 saturated carbocycles. The number of aliphatic hydroxyl groups is 2. The number of aliphatic hydroxyl groups excluding tert-OH is 2. The molecule has 0 bridgehead atoms. The average Bonchev–Trinajstić information content (AvgIpc) is 2.95. The topological polar surface area (TPSA) is 60.8 Å². The molecule has 1 atom stereocenters. The van der Waals surface area contributed by atoms with E-state index in [2.05, 4.69) is 0 Å². The zero-order chi connectivity index (χ0) is 11.6. The Morgan fingerprint density at radius 2 is 2.07 bits per heavy atom. The smallest absolute Gasteiger partial charge is 0.226 e. The second-order valence-electron chi connectivity index (χ2n) is 5.04. The van der Waals surface area contributed by atoms with E-state index in [4.69, 9.17) is 0 Å². The maximum atomic E-state index is 12.0. The lowest BCUT2D eigenvalue weighted by Gasteiger charge is -2.38. The lowest BCUT2D eigenvalue weighted by atomic mass is 10.0. The third kappa shape index (κ3) is 3.18. The van der Waals surface area contributed by atoms with Gasteiger partial charge in [0.2, 0.25) is 5.91 Å². The highest BCUT2D eigenvalue weighted by atomic mass is 16.3. The molecule has 15 heavy (non-hydrogen) atoms. The highest BCUT2D eigenvalue weighted by molar-refractivity contribution is 5.81. The molecule has 1 unspecified atom stereocenters. The van der Waals surface area contributed by atoms with Crippen LogP contribution in [-0.4, -0.2) is 45.8 Å². The Hall–Kier alpha value is -0.610. The summed E-state index contributed by atoms with van der Waals surface area (Å²) in [5.74, 6) is 0.185. The molecule has 1 rings (SSSR count). The van der Waals surface area contributed by atoms with Crippen molar-refractivity contribution in [2.24, 2.45) is 5.92 Å². The maximum absolute atomic E-state index is 12.0. The Morgan fingerprint density at radius 3 is 2.40 bits per heavy atom. The summed E-state index contributed by atoms with van der Waals surface area (Å²) in [5, 5.41) is 18.6. The molecule has 0 aliphatic heterocycles. The van der Waals surface area contributed by atoms with Crippen LogP contribution < -0.4 is 0 Å². The normalized spacial score (nSPS) is 18.7. The number of carbonyl (C=O) groups excluding carboxylic acids is 1. The van der Waals surface area contributed by atoms with Crippen LogP contribution in [0.5, 0.6) is 0 Å². The molecule has 0 aromatic rings. The van der Waals surface area contributed by atoms with Gasteiger partial charge in [0.1, 0.15) is 0 Å². The van der Waals surface area contributed by atoms with Crippen molar-refractivity contribution in [3.63, 3.8) is 0 Å². The molecule has 1 aliphatic carbocycles. The van der Waals surface area contributed by atoms with E-state index in [1.165, 1.54) is 0 Å². The number of β-amino-alcohol motifs (C(OH)–C–C–N with tert-alkyl or cyclic N) is 1. The third-order valence-electron chi connectivity index (χ3n) is 2.76. The molecule has 1 amide bonds. The number of hydrogen-bond donors (Lipinski definition) is 2. The summed E-state index contributed by atoms with van der Waals surface area (Å²) in [4.78, 5) is 13.6. The Bertz CT molecular complexity index is 234. The van der Waals surface area contributed by atoms with Crippen LogP contribution in [0.1, 0.15) is 33.6 Å². The fourth-order valence-corrected chi connectivity index (χ4v) is 1.54. The zero-order valence-electron chi connectivity index (χ0n) is 9.73. The Kier molecular flexibility index (Phi) is 3.73. The van der Waals surface area contributed by atoms with Crippen LogP contribution in [0.3, 0.4) is 0 Å². The molecule has 0 radical (unpaired) electrons. The highest BCUT2D eigenvalue weighted by Crippen LogP contribution is 2.33. The summed E-state index contributed by atoms with van der Waals surface area (Å²) in [6.45, 7) is 5.49. The first-order valence-corrected chi connectivity index (χ1v) is 5.49. The molecule has 4 heteroatoms. The molecule has 88 valence electrons. The van der Waals surface area contributed by atoms with Gasteiger partial charge in [0.05, 0.1) is 18.2 Å². The van der Waals surface area contributed by atoms with Crippen LogP contribution >= 0.6 is 0 Å². The van der Waals surface area contributed by atoms with Gasteiger partial charge >= 0.3 is 0 Å². The van der Waals surface area contributed by atoms with Crippen LogP contribution in [0.25, 0.3) is 0 Å². The SMILES string of the molecule is CC(O)CN(C(=O)C1CC1)C(C)(C)CO. The number of hydrogen-bond acceptors (Lipinski definition) is 3. The quantitative estimate of drug-likeness (QED) is 0.697. The summed E-state index contributed by atoms with van der Waals surface area (Å²) >= 11 is 0. The monoisotopic (exact) mass is 215 g/mol. The van der Waals surface area contributed by atoms with E-state index >= 15 is 0 Å². The van der Waals surface area contributed by atoms with Crippen LogP contribution in [-0.2, 0) is 4.79 Å². The molecule has 0 heterocycles. The first-order chi connectivity index (χ1) is 6.88. The molecule has 0 saturated heterocycles. The number of carbonyl (C=O) groups is 1. The minimum absolute atomic E-state index is 0.0648.